The van der Waals surface area contributed by atoms with Crippen LogP contribution in [0.3, 0.4) is 0 Å². The highest BCUT2D eigenvalue weighted by Crippen LogP contribution is 2.30. The third-order valence-corrected chi connectivity index (χ3v) is 3.72. The summed E-state index contributed by atoms with van der Waals surface area (Å²) in [6, 6.07) is 6.28. The lowest BCUT2D eigenvalue weighted by Gasteiger charge is -2.18. The molecule has 0 spiro atoms. The highest BCUT2D eigenvalue weighted by Gasteiger charge is 2.22. The van der Waals surface area contributed by atoms with Crippen LogP contribution in [-0.2, 0) is 11.3 Å². The fourth-order valence-corrected chi connectivity index (χ4v) is 2.23. The Kier molecular flexibility index (Phi) is 5.88. The third-order valence-electron chi connectivity index (χ3n) is 3.42. The van der Waals surface area contributed by atoms with Crippen LogP contribution >= 0.6 is 11.6 Å². The molecule has 5 heteroatoms. The number of benzene rings is 1. The van der Waals surface area contributed by atoms with Gasteiger partial charge in [0.2, 0.25) is 0 Å². The van der Waals surface area contributed by atoms with Gasteiger partial charge in [-0.3, -0.25) is 4.79 Å². The van der Waals surface area contributed by atoms with Gasteiger partial charge in [0.15, 0.2) is 6.10 Å². The van der Waals surface area contributed by atoms with Gasteiger partial charge in [-0.25, -0.2) is 0 Å². The summed E-state index contributed by atoms with van der Waals surface area (Å²) in [5.74, 6) is 0.490. The molecule has 2 rings (SSSR count). The van der Waals surface area contributed by atoms with Gasteiger partial charge in [-0.15, -0.1) is 0 Å². The molecule has 116 valence electrons. The molecule has 1 aliphatic rings. The Hall–Kier alpha value is -1.26. The van der Waals surface area contributed by atoms with Crippen molar-refractivity contribution in [1.29, 1.82) is 0 Å². The number of nitrogens with one attached hydrogen (secondary N) is 2. The van der Waals surface area contributed by atoms with Crippen LogP contribution in [0.25, 0.3) is 0 Å². The molecule has 0 radical (unpaired) electrons. The molecule has 21 heavy (non-hydrogen) atoms. The van der Waals surface area contributed by atoms with E-state index >= 15 is 0 Å². The van der Waals surface area contributed by atoms with E-state index in [9.17, 15) is 4.79 Å². The molecule has 0 saturated heterocycles. The molecule has 0 heterocycles. The first-order valence-corrected chi connectivity index (χ1v) is 7.94. The maximum absolute atomic E-state index is 11.9. The fourth-order valence-electron chi connectivity index (χ4n) is 1.99. The monoisotopic (exact) mass is 310 g/mol. The molecule has 1 aromatic rings. The quantitative estimate of drug-likeness (QED) is 0.776. The molecular formula is C16H23ClN2O2. The number of carbonyl (C=O) groups is 1. The summed E-state index contributed by atoms with van der Waals surface area (Å²) in [6.07, 6.45) is 2.80. The van der Waals surface area contributed by atoms with Crippen molar-refractivity contribution in [1.82, 2.24) is 10.6 Å². The molecular weight excluding hydrogens is 288 g/mol. The van der Waals surface area contributed by atoms with Gasteiger partial charge in [0.05, 0.1) is 5.02 Å². The summed E-state index contributed by atoms with van der Waals surface area (Å²) in [5.41, 5.74) is 0.990. The van der Waals surface area contributed by atoms with Gasteiger partial charge in [0.25, 0.3) is 5.91 Å². The lowest BCUT2D eigenvalue weighted by atomic mass is 10.2. The van der Waals surface area contributed by atoms with Crippen molar-refractivity contribution < 1.29 is 9.53 Å². The summed E-state index contributed by atoms with van der Waals surface area (Å²) in [7, 11) is 0. The normalized spacial score (nSPS) is 15.6. The van der Waals surface area contributed by atoms with Crippen LogP contribution in [0.4, 0.5) is 0 Å². The largest absolute Gasteiger partial charge is 0.479 e. The topological polar surface area (TPSA) is 50.4 Å². The van der Waals surface area contributed by atoms with Crippen molar-refractivity contribution in [2.45, 2.75) is 51.8 Å². The van der Waals surface area contributed by atoms with Crippen molar-refractivity contribution in [2.24, 2.45) is 0 Å². The van der Waals surface area contributed by atoms with E-state index in [1.165, 1.54) is 12.8 Å². The lowest BCUT2D eigenvalue weighted by Crippen LogP contribution is -2.37. The molecule has 2 N–H and O–H groups in total. The Morgan fingerprint density at radius 3 is 2.90 bits per heavy atom. The van der Waals surface area contributed by atoms with Crippen LogP contribution in [0.1, 0.15) is 38.7 Å². The molecule has 1 amide bonds. The third kappa shape index (κ3) is 4.90. The van der Waals surface area contributed by atoms with Crippen molar-refractivity contribution in [3.8, 4) is 5.75 Å². The highest BCUT2D eigenvalue weighted by atomic mass is 35.5. The Balaban J connectivity index is 2.00. The standard InChI is InChI=1S/C16H23ClN2O2/c1-3-9-18-16(20)11(2)21-15-12(5-4-6-14(15)17)10-19-13-7-8-13/h4-6,11,13,19H,3,7-10H2,1-2H3,(H,18,20). The van der Waals surface area contributed by atoms with Crippen LogP contribution in [0.5, 0.6) is 5.75 Å². The Bertz CT molecular complexity index is 489. The van der Waals surface area contributed by atoms with Crippen LogP contribution in [-0.4, -0.2) is 24.6 Å². The summed E-state index contributed by atoms with van der Waals surface area (Å²) < 4.78 is 5.80. The molecule has 1 unspecified atom stereocenters. The minimum absolute atomic E-state index is 0.113. The number of hydrogen-bond donors (Lipinski definition) is 2. The molecule has 1 aromatic carbocycles. The van der Waals surface area contributed by atoms with E-state index in [-0.39, 0.29) is 5.91 Å². The summed E-state index contributed by atoms with van der Waals surface area (Å²) in [6.45, 7) is 5.13. The fraction of sp³-hybridized carbons (Fsp3) is 0.562. The Labute approximate surface area is 131 Å². The molecule has 1 atom stereocenters. The van der Waals surface area contributed by atoms with Crippen molar-refractivity contribution in [2.75, 3.05) is 6.54 Å². The number of para-hydroxylation sites is 1. The number of ether oxygens (including phenoxy) is 1. The average molecular weight is 311 g/mol. The van der Waals surface area contributed by atoms with Gasteiger partial charge < -0.3 is 15.4 Å². The van der Waals surface area contributed by atoms with Gasteiger partial charge in [0, 0.05) is 24.7 Å². The van der Waals surface area contributed by atoms with Crippen molar-refractivity contribution in [3.63, 3.8) is 0 Å². The lowest BCUT2D eigenvalue weighted by molar-refractivity contribution is -0.127. The molecule has 1 saturated carbocycles. The number of rotatable bonds is 8. The zero-order valence-electron chi connectivity index (χ0n) is 12.6. The number of amides is 1. The molecule has 1 fully saturated rings. The second-order valence-electron chi connectivity index (χ2n) is 5.43. The summed E-state index contributed by atoms with van der Waals surface area (Å²) in [4.78, 5) is 11.9. The predicted octanol–water partition coefficient (Wildman–Crippen LogP) is 2.89. The van der Waals surface area contributed by atoms with E-state index in [4.69, 9.17) is 16.3 Å². The van der Waals surface area contributed by atoms with E-state index in [0.717, 1.165) is 12.0 Å². The number of hydrogen-bond acceptors (Lipinski definition) is 3. The maximum Gasteiger partial charge on any atom is 0.260 e. The van der Waals surface area contributed by atoms with Gasteiger partial charge in [-0.2, -0.15) is 0 Å². The van der Waals surface area contributed by atoms with Gasteiger partial charge in [0.1, 0.15) is 5.75 Å². The predicted molar refractivity (Wildman–Crippen MR) is 84.7 cm³/mol. The highest BCUT2D eigenvalue weighted by molar-refractivity contribution is 6.32. The first-order chi connectivity index (χ1) is 10.1. The summed E-state index contributed by atoms with van der Waals surface area (Å²) >= 11 is 6.23. The van der Waals surface area contributed by atoms with Gasteiger partial charge >= 0.3 is 0 Å². The van der Waals surface area contributed by atoms with E-state index in [1.54, 1.807) is 13.0 Å². The maximum atomic E-state index is 11.9. The van der Waals surface area contributed by atoms with Crippen molar-refractivity contribution >= 4 is 17.5 Å². The smallest absolute Gasteiger partial charge is 0.260 e. The molecule has 1 aliphatic carbocycles. The summed E-state index contributed by atoms with van der Waals surface area (Å²) in [5, 5.41) is 6.81. The second-order valence-corrected chi connectivity index (χ2v) is 5.84. The first-order valence-electron chi connectivity index (χ1n) is 7.57. The second kappa shape index (κ2) is 7.66. The minimum Gasteiger partial charge on any atom is -0.479 e. The number of halogens is 1. The first kappa shape index (κ1) is 16.1. The number of carbonyl (C=O) groups excluding carboxylic acids is 1. The van der Waals surface area contributed by atoms with E-state index in [2.05, 4.69) is 10.6 Å². The van der Waals surface area contributed by atoms with Crippen LogP contribution in [0.15, 0.2) is 18.2 Å². The minimum atomic E-state index is -0.559. The molecule has 0 aromatic heterocycles. The van der Waals surface area contributed by atoms with Gasteiger partial charge in [-0.05, 0) is 32.3 Å². The molecule has 4 nitrogen and oxygen atoms in total. The van der Waals surface area contributed by atoms with Crippen molar-refractivity contribution in [3.05, 3.63) is 28.8 Å². The molecule has 0 aliphatic heterocycles. The molecule has 0 bridgehead atoms. The zero-order valence-corrected chi connectivity index (χ0v) is 13.4. The van der Waals surface area contributed by atoms with Crippen LogP contribution in [0.2, 0.25) is 5.02 Å². The van der Waals surface area contributed by atoms with Gasteiger partial charge in [-0.1, -0.05) is 30.7 Å². The van der Waals surface area contributed by atoms with E-state index in [0.29, 0.717) is 29.9 Å². The SMILES string of the molecule is CCCNC(=O)C(C)Oc1c(Cl)cccc1CNC1CC1. The van der Waals surface area contributed by atoms with E-state index < -0.39 is 6.10 Å². The zero-order chi connectivity index (χ0) is 15.2. The van der Waals surface area contributed by atoms with Crippen LogP contribution in [0, 0.1) is 0 Å². The average Bonchev–Trinajstić information content (AvgIpc) is 3.29. The Morgan fingerprint density at radius 2 is 2.24 bits per heavy atom. The van der Waals surface area contributed by atoms with Crippen LogP contribution < -0.4 is 15.4 Å². The Morgan fingerprint density at radius 1 is 1.48 bits per heavy atom. The van der Waals surface area contributed by atoms with E-state index in [1.807, 2.05) is 19.1 Å².